The summed E-state index contributed by atoms with van der Waals surface area (Å²) in [6, 6.07) is 0.322. The van der Waals surface area contributed by atoms with Crippen LogP contribution >= 0.6 is 11.6 Å². The van der Waals surface area contributed by atoms with Crippen LogP contribution in [0.3, 0.4) is 0 Å². The highest BCUT2D eigenvalue weighted by molar-refractivity contribution is 6.18. The summed E-state index contributed by atoms with van der Waals surface area (Å²) in [5, 5.41) is 0. The molecular formula is C13H24ClNO2. The fourth-order valence-electron chi connectivity index (χ4n) is 2.46. The summed E-state index contributed by atoms with van der Waals surface area (Å²) in [6.07, 6.45) is 3.94. The Morgan fingerprint density at radius 2 is 2.18 bits per heavy atom. The molecule has 1 rings (SSSR count). The topological polar surface area (TPSA) is 29.5 Å². The maximum atomic E-state index is 12.4. The van der Waals surface area contributed by atoms with E-state index in [2.05, 4.69) is 13.8 Å². The van der Waals surface area contributed by atoms with E-state index in [1.165, 1.54) is 0 Å². The number of rotatable bonds is 6. The van der Waals surface area contributed by atoms with Crippen LogP contribution in [0, 0.1) is 5.92 Å². The van der Waals surface area contributed by atoms with Crippen LogP contribution in [-0.4, -0.2) is 42.5 Å². The third-order valence-electron chi connectivity index (χ3n) is 3.50. The zero-order valence-electron chi connectivity index (χ0n) is 11.0. The molecule has 3 nitrogen and oxygen atoms in total. The second kappa shape index (κ2) is 7.93. The number of alkyl halides is 1. The smallest absolute Gasteiger partial charge is 0.228 e. The van der Waals surface area contributed by atoms with Gasteiger partial charge < -0.3 is 9.64 Å². The average Bonchev–Trinajstić information content (AvgIpc) is 2.39. The van der Waals surface area contributed by atoms with Gasteiger partial charge in [-0.05, 0) is 25.7 Å². The molecule has 0 aromatic rings. The summed E-state index contributed by atoms with van der Waals surface area (Å²) in [6.45, 7) is 6.28. The normalized spacial score (nSPS) is 20.6. The Kier molecular flexibility index (Phi) is 6.90. The number of amides is 1. The molecule has 0 radical (unpaired) electrons. The van der Waals surface area contributed by atoms with Gasteiger partial charge in [0.05, 0.1) is 12.5 Å². The molecule has 0 bridgehead atoms. The van der Waals surface area contributed by atoms with Gasteiger partial charge in [0.1, 0.15) is 0 Å². The first kappa shape index (κ1) is 14.8. The lowest BCUT2D eigenvalue weighted by Crippen LogP contribution is -2.46. The van der Waals surface area contributed by atoms with Crippen molar-refractivity contribution in [2.75, 3.05) is 25.6 Å². The molecule has 1 heterocycles. The van der Waals surface area contributed by atoms with Gasteiger partial charge in [0.2, 0.25) is 5.91 Å². The summed E-state index contributed by atoms with van der Waals surface area (Å²) >= 11 is 5.81. The molecule has 0 aliphatic carbocycles. The van der Waals surface area contributed by atoms with E-state index in [1.54, 1.807) is 0 Å². The molecule has 1 aliphatic heterocycles. The lowest BCUT2D eigenvalue weighted by Gasteiger charge is -2.34. The van der Waals surface area contributed by atoms with E-state index in [9.17, 15) is 4.79 Å². The molecule has 4 heteroatoms. The Labute approximate surface area is 109 Å². The van der Waals surface area contributed by atoms with Gasteiger partial charge in [-0.3, -0.25) is 4.79 Å². The molecule has 0 saturated carbocycles. The largest absolute Gasteiger partial charge is 0.381 e. The van der Waals surface area contributed by atoms with Gasteiger partial charge in [-0.15, -0.1) is 11.6 Å². The van der Waals surface area contributed by atoms with Crippen LogP contribution in [0.15, 0.2) is 0 Å². The first-order chi connectivity index (χ1) is 8.24. The van der Waals surface area contributed by atoms with E-state index < -0.39 is 0 Å². The molecule has 1 amide bonds. The molecule has 0 aromatic carbocycles. The Balaban J connectivity index is 2.63. The molecule has 1 aliphatic rings. The summed E-state index contributed by atoms with van der Waals surface area (Å²) in [4.78, 5) is 14.4. The minimum atomic E-state index is 0.0487. The molecule has 0 aromatic heterocycles. The maximum Gasteiger partial charge on any atom is 0.228 e. The maximum absolute atomic E-state index is 12.4. The van der Waals surface area contributed by atoms with Gasteiger partial charge in [-0.1, -0.05) is 13.8 Å². The lowest BCUT2D eigenvalue weighted by molar-refractivity contribution is -0.142. The van der Waals surface area contributed by atoms with E-state index >= 15 is 0 Å². The minimum Gasteiger partial charge on any atom is -0.381 e. The molecule has 1 fully saturated rings. The van der Waals surface area contributed by atoms with Crippen molar-refractivity contribution in [1.29, 1.82) is 0 Å². The van der Waals surface area contributed by atoms with Gasteiger partial charge in [0.15, 0.2) is 0 Å². The van der Waals surface area contributed by atoms with E-state index in [1.807, 2.05) is 4.90 Å². The first-order valence-corrected chi connectivity index (χ1v) is 7.22. The number of carbonyl (C=O) groups is 1. The van der Waals surface area contributed by atoms with Crippen molar-refractivity contribution < 1.29 is 9.53 Å². The number of hydrogen-bond donors (Lipinski definition) is 0. The van der Waals surface area contributed by atoms with Crippen molar-refractivity contribution in [1.82, 2.24) is 4.90 Å². The fraction of sp³-hybridized carbons (Fsp3) is 0.923. The van der Waals surface area contributed by atoms with Crippen LogP contribution in [0.1, 0.15) is 39.5 Å². The monoisotopic (exact) mass is 261 g/mol. The van der Waals surface area contributed by atoms with Gasteiger partial charge in [-0.25, -0.2) is 0 Å². The fourth-order valence-corrected chi connectivity index (χ4v) is 2.65. The second-order valence-corrected chi connectivity index (χ2v) is 4.98. The standard InChI is InChI=1S/C13H24ClNO2/c1-3-12(4-2)15(8-7-14)13(16)11-6-5-9-17-10-11/h11-12H,3-10H2,1-2H3. The van der Waals surface area contributed by atoms with Crippen LogP contribution in [0.5, 0.6) is 0 Å². The SMILES string of the molecule is CCC(CC)N(CCCl)C(=O)C1CCCOC1. The van der Waals surface area contributed by atoms with Crippen molar-refractivity contribution >= 4 is 17.5 Å². The van der Waals surface area contributed by atoms with Crippen molar-refractivity contribution in [2.24, 2.45) is 5.92 Å². The number of nitrogens with zero attached hydrogens (tertiary/aromatic N) is 1. The molecule has 0 spiro atoms. The van der Waals surface area contributed by atoms with Crippen LogP contribution in [0.4, 0.5) is 0 Å². The quantitative estimate of drug-likeness (QED) is 0.688. The third kappa shape index (κ3) is 4.14. The van der Waals surface area contributed by atoms with Gasteiger partial charge in [0.25, 0.3) is 0 Å². The number of carbonyl (C=O) groups excluding carboxylic acids is 1. The zero-order chi connectivity index (χ0) is 12.7. The van der Waals surface area contributed by atoms with Gasteiger partial charge >= 0.3 is 0 Å². The average molecular weight is 262 g/mol. The number of hydrogen-bond acceptors (Lipinski definition) is 2. The molecule has 1 unspecified atom stereocenters. The summed E-state index contributed by atoms with van der Waals surface area (Å²) in [7, 11) is 0. The van der Waals surface area contributed by atoms with Crippen molar-refractivity contribution in [3.63, 3.8) is 0 Å². The Bertz CT molecular complexity index is 225. The Morgan fingerprint density at radius 3 is 2.65 bits per heavy atom. The zero-order valence-corrected chi connectivity index (χ0v) is 11.7. The summed E-state index contributed by atoms with van der Waals surface area (Å²) < 4.78 is 5.40. The van der Waals surface area contributed by atoms with E-state index in [0.29, 0.717) is 25.1 Å². The molecule has 17 heavy (non-hydrogen) atoms. The molecule has 100 valence electrons. The highest BCUT2D eigenvalue weighted by Gasteiger charge is 2.29. The second-order valence-electron chi connectivity index (χ2n) is 4.61. The molecule has 0 N–H and O–H groups in total. The Morgan fingerprint density at radius 1 is 1.47 bits per heavy atom. The Hall–Kier alpha value is -0.280. The highest BCUT2D eigenvalue weighted by atomic mass is 35.5. The van der Waals surface area contributed by atoms with Crippen LogP contribution in [0.2, 0.25) is 0 Å². The molecule has 1 atom stereocenters. The van der Waals surface area contributed by atoms with Gasteiger partial charge in [-0.2, -0.15) is 0 Å². The minimum absolute atomic E-state index is 0.0487. The van der Waals surface area contributed by atoms with Crippen molar-refractivity contribution in [3.05, 3.63) is 0 Å². The van der Waals surface area contributed by atoms with Gasteiger partial charge in [0, 0.05) is 25.1 Å². The molecular weight excluding hydrogens is 238 g/mol. The number of halogens is 1. The van der Waals surface area contributed by atoms with Crippen LogP contribution in [-0.2, 0) is 9.53 Å². The van der Waals surface area contributed by atoms with E-state index in [-0.39, 0.29) is 11.8 Å². The predicted molar refractivity (Wildman–Crippen MR) is 70.3 cm³/mol. The third-order valence-corrected chi connectivity index (χ3v) is 3.67. The lowest BCUT2D eigenvalue weighted by atomic mass is 9.99. The van der Waals surface area contributed by atoms with E-state index in [4.69, 9.17) is 16.3 Å². The molecule has 1 saturated heterocycles. The van der Waals surface area contributed by atoms with Crippen LogP contribution in [0.25, 0.3) is 0 Å². The highest BCUT2D eigenvalue weighted by Crippen LogP contribution is 2.19. The predicted octanol–water partition coefficient (Wildman–Crippen LogP) is 2.67. The number of ether oxygens (including phenoxy) is 1. The van der Waals surface area contributed by atoms with Crippen LogP contribution < -0.4 is 0 Å². The summed E-state index contributed by atoms with van der Waals surface area (Å²) in [5.74, 6) is 0.794. The van der Waals surface area contributed by atoms with E-state index in [0.717, 1.165) is 32.3 Å². The first-order valence-electron chi connectivity index (χ1n) is 6.68. The van der Waals surface area contributed by atoms with Crippen molar-refractivity contribution in [3.8, 4) is 0 Å². The van der Waals surface area contributed by atoms with Crippen molar-refractivity contribution in [2.45, 2.75) is 45.6 Å². The summed E-state index contributed by atoms with van der Waals surface area (Å²) in [5.41, 5.74) is 0.